The van der Waals surface area contributed by atoms with Gasteiger partial charge in [0.25, 0.3) is 0 Å². The lowest BCUT2D eigenvalue weighted by Crippen LogP contribution is -2.49. The van der Waals surface area contributed by atoms with Gasteiger partial charge in [-0.1, -0.05) is 17.7 Å². The first-order valence-corrected chi connectivity index (χ1v) is 7.05. The number of hydrogen-bond donors (Lipinski definition) is 1. The second-order valence-electron chi connectivity index (χ2n) is 5.83. The Balaban J connectivity index is 1.97. The van der Waals surface area contributed by atoms with Crippen LogP contribution in [0.5, 0.6) is 0 Å². The number of nitrogens with zero attached hydrogens (tertiary/aromatic N) is 1. The Morgan fingerprint density at radius 2 is 1.89 bits per heavy atom. The summed E-state index contributed by atoms with van der Waals surface area (Å²) in [5.41, 5.74) is 5.84. The van der Waals surface area contributed by atoms with Crippen LogP contribution in [0.2, 0.25) is 0 Å². The lowest BCUT2D eigenvalue weighted by Gasteiger charge is -2.31. The van der Waals surface area contributed by atoms with Crippen LogP contribution >= 0.6 is 0 Å². The summed E-state index contributed by atoms with van der Waals surface area (Å²) in [6.07, 6.45) is 2.44. The zero-order valence-electron chi connectivity index (χ0n) is 12.2. The van der Waals surface area contributed by atoms with E-state index in [1.54, 1.807) is 5.56 Å². The molecule has 1 N–H and O–H groups in total. The lowest BCUT2D eigenvalue weighted by molar-refractivity contribution is 0.232. The minimum absolute atomic E-state index is 0.656. The molecule has 1 unspecified atom stereocenters. The number of piperazine rings is 1. The fourth-order valence-corrected chi connectivity index (χ4v) is 3.11. The monoisotopic (exact) mass is 246 g/mol. The summed E-state index contributed by atoms with van der Waals surface area (Å²) in [6.45, 7) is 10.2. The molecule has 1 aliphatic heterocycles. The quantitative estimate of drug-likeness (QED) is 0.881. The van der Waals surface area contributed by atoms with Crippen molar-refractivity contribution in [1.82, 2.24) is 10.2 Å². The van der Waals surface area contributed by atoms with Crippen LogP contribution in [-0.4, -0.2) is 37.6 Å². The third-order valence-corrected chi connectivity index (χ3v) is 4.04. The Morgan fingerprint density at radius 3 is 2.50 bits per heavy atom. The van der Waals surface area contributed by atoms with Crippen LogP contribution in [0.4, 0.5) is 0 Å². The van der Waals surface area contributed by atoms with Gasteiger partial charge < -0.3 is 10.2 Å². The average molecular weight is 246 g/mol. The van der Waals surface area contributed by atoms with E-state index in [1.807, 2.05) is 0 Å². The molecule has 0 aromatic heterocycles. The van der Waals surface area contributed by atoms with Crippen molar-refractivity contribution in [2.45, 2.75) is 39.7 Å². The van der Waals surface area contributed by atoms with Gasteiger partial charge in [-0.25, -0.2) is 0 Å². The molecule has 1 saturated heterocycles. The van der Waals surface area contributed by atoms with Crippen LogP contribution in [0.1, 0.15) is 28.7 Å². The maximum absolute atomic E-state index is 3.63. The predicted octanol–water partition coefficient (Wildman–Crippen LogP) is 2.45. The highest BCUT2D eigenvalue weighted by Crippen LogP contribution is 2.19. The number of benzene rings is 1. The predicted molar refractivity (Wildman–Crippen MR) is 78.3 cm³/mol. The highest BCUT2D eigenvalue weighted by Gasteiger charge is 2.16. The molecule has 0 amide bonds. The van der Waals surface area contributed by atoms with Gasteiger partial charge in [0.1, 0.15) is 0 Å². The molecule has 1 atom stereocenters. The fourth-order valence-electron chi connectivity index (χ4n) is 3.11. The van der Waals surface area contributed by atoms with E-state index < -0.39 is 0 Å². The number of nitrogens with one attached hydrogen (secondary N) is 1. The molecule has 0 spiro atoms. The summed E-state index contributed by atoms with van der Waals surface area (Å²) in [6, 6.07) is 5.27. The van der Waals surface area contributed by atoms with Gasteiger partial charge in [-0.3, -0.25) is 0 Å². The van der Waals surface area contributed by atoms with Crippen LogP contribution < -0.4 is 5.32 Å². The average Bonchev–Trinajstić information content (AvgIpc) is 2.27. The van der Waals surface area contributed by atoms with Crippen molar-refractivity contribution < 1.29 is 0 Å². The number of rotatable bonds is 3. The summed E-state index contributed by atoms with van der Waals surface area (Å²) in [4.78, 5) is 2.43. The number of likely N-dealkylation sites (N-methyl/N-ethyl adjacent to an activating group) is 1. The molecular formula is C16H26N2. The maximum atomic E-state index is 3.63. The molecule has 1 aromatic rings. The highest BCUT2D eigenvalue weighted by atomic mass is 15.2. The van der Waals surface area contributed by atoms with E-state index in [0.29, 0.717) is 6.04 Å². The summed E-state index contributed by atoms with van der Waals surface area (Å²) in [5, 5.41) is 3.63. The molecule has 2 rings (SSSR count). The third-order valence-electron chi connectivity index (χ3n) is 4.04. The zero-order chi connectivity index (χ0) is 13.1. The van der Waals surface area contributed by atoms with Crippen molar-refractivity contribution in [2.75, 3.05) is 26.7 Å². The van der Waals surface area contributed by atoms with Crippen molar-refractivity contribution in [3.8, 4) is 0 Å². The topological polar surface area (TPSA) is 15.3 Å². The second-order valence-corrected chi connectivity index (χ2v) is 5.83. The summed E-state index contributed by atoms with van der Waals surface area (Å²) >= 11 is 0. The molecule has 0 bridgehead atoms. The van der Waals surface area contributed by atoms with E-state index in [-0.39, 0.29) is 0 Å². The molecule has 18 heavy (non-hydrogen) atoms. The maximum Gasteiger partial charge on any atom is 0.0198 e. The number of aryl methyl sites for hydroxylation is 3. The van der Waals surface area contributed by atoms with Gasteiger partial charge in [-0.05, 0) is 57.4 Å². The molecule has 1 fully saturated rings. The Morgan fingerprint density at radius 1 is 1.22 bits per heavy atom. The van der Waals surface area contributed by atoms with Crippen molar-refractivity contribution >= 4 is 0 Å². The molecule has 100 valence electrons. The Hall–Kier alpha value is -0.860. The Bertz CT molecular complexity index is 389. The van der Waals surface area contributed by atoms with E-state index in [0.717, 1.165) is 6.54 Å². The molecular weight excluding hydrogens is 220 g/mol. The molecule has 1 aliphatic rings. The van der Waals surface area contributed by atoms with E-state index >= 15 is 0 Å². The van der Waals surface area contributed by atoms with Gasteiger partial charge in [0.2, 0.25) is 0 Å². The normalized spacial score (nSPS) is 21.2. The molecule has 0 saturated carbocycles. The molecule has 0 radical (unpaired) electrons. The molecule has 2 nitrogen and oxygen atoms in total. The summed E-state index contributed by atoms with van der Waals surface area (Å²) in [5.74, 6) is 0. The van der Waals surface area contributed by atoms with Crippen LogP contribution in [0.15, 0.2) is 12.1 Å². The van der Waals surface area contributed by atoms with Gasteiger partial charge in [0.05, 0.1) is 0 Å². The van der Waals surface area contributed by atoms with E-state index in [2.05, 4.69) is 50.2 Å². The van der Waals surface area contributed by atoms with Gasteiger partial charge in [0, 0.05) is 25.7 Å². The number of hydrogen-bond acceptors (Lipinski definition) is 2. The largest absolute Gasteiger partial charge is 0.311 e. The minimum atomic E-state index is 0.656. The van der Waals surface area contributed by atoms with E-state index in [1.165, 1.54) is 42.6 Å². The van der Waals surface area contributed by atoms with Crippen LogP contribution in [0, 0.1) is 20.8 Å². The van der Waals surface area contributed by atoms with E-state index in [9.17, 15) is 0 Å². The van der Waals surface area contributed by atoms with Crippen LogP contribution in [-0.2, 0) is 6.42 Å². The third kappa shape index (κ3) is 3.33. The lowest BCUT2D eigenvalue weighted by atomic mass is 9.94. The molecule has 1 aromatic carbocycles. The standard InChI is InChI=1S/C16H26N2/c1-12-9-13(2)16(14(3)10-12)6-5-15-11-18(4)8-7-17-15/h9-10,15,17H,5-8,11H2,1-4H3. The first kappa shape index (κ1) is 13.6. The highest BCUT2D eigenvalue weighted by molar-refractivity contribution is 5.37. The summed E-state index contributed by atoms with van der Waals surface area (Å²) in [7, 11) is 2.22. The minimum Gasteiger partial charge on any atom is -0.311 e. The zero-order valence-corrected chi connectivity index (χ0v) is 12.2. The Kier molecular flexibility index (Phi) is 4.41. The molecule has 0 aliphatic carbocycles. The second kappa shape index (κ2) is 5.85. The first-order valence-electron chi connectivity index (χ1n) is 7.05. The molecule has 1 heterocycles. The van der Waals surface area contributed by atoms with Gasteiger partial charge in [0.15, 0.2) is 0 Å². The SMILES string of the molecule is Cc1cc(C)c(CCC2CN(C)CCN2)c(C)c1. The van der Waals surface area contributed by atoms with Crippen LogP contribution in [0.25, 0.3) is 0 Å². The first-order chi connectivity index (χ1) is 8.56. The summed E-state index contributed by atoms with van der Waals surface area (Å²) < 4.78 is 0. The van der Waals surface area contributed by atoms with Gasteiger partial charge in [-0.2, -0.15) is 0 Å². The van der Waals surface area contributed by atoms with E-state index in [4.69, 9.17) is 0 Å². The fraction of sp³-hybridized carbons (Fsp3) is 0.625. The van der Waals surface area contributed by atoms with Crippen molar-refractivity contribution in [3.63, 3.8) is 0 Å². The van der Waals surface area contributed by atoms with Crippen molar-refractivity contribution in [1.29, 1.82) is 0 Å². The van der Waals surface area contributed by atoms with Crippen LogP contribution in [0.3, 0.4) is 0 Å². The molecule has 2 heteroatoms. The Labute approximate surface area is 111 Å². The van der Waals surface area contributed by atoms with Gasteiger partial charge >= 0.3 is 0 Å². The van der Waals surface area contributed by atoms with Crippen molar-refractivity contribution in [2.24, 2.45) is 0 Å². The van der Waals surface area contributed by atoms with Gasteiger partial charge in [-0.15, -0.1) is 0 Å². The van der Waals surface area contributed by atoms with Crippen molar-refractivity contribution in [3.05, 3.63) is 34.4 Å². The smallest absolute Gasteiger partial charge is 0.0198 e.